The molecule has 0 aliphatic carbocycles. The molecule has 3 rings (SSSR count). The highest BCUT2D eigenvalue weighted by Crippen LogP contribution is 2.24. The molecule has 1 aromatic heterocycles. The van der Waals surface area contributed by atoms with Crippen molar-refractivity contribution in [3.8, 4) is 11.4 Å². The van der Waals surface area contributed by atoms with Gasteiger partial charge in [-0.25, -0.2) is 9.48 Å². The van der Waals surface area contributed by atoms with Crippen LogP contribution in [-0.2, 0) is 16.1 Å². The van der Waals surface area contributed by atoms with Crippen LogP contribution in [0, 0.1) is 13.8 Å². The quantitative estimate of drug-likeness (QED) is 0.233. The second kappa shape index (κ2) is 18.9. The standard InChI is InChI=1S/C21H24N3O3.C3H5Cl.C3H6.C2H6/c1-14-5-4-6-16(11-14)20(21(25)27-22)13-17-12-15(2)24(23-17)18-7-9-19(26-3)10-8-18;1-2-3-4;1-3-2;1-2/h4-12,20H,13H2,1-3,22H3;2H,1,3H2;3H,1H2,2H3;1-2H3/q+1;;;. The highest BCUT2D eigenvalue weighted by Gasteiger charge is 2.25. The van der Waals surface area contributed by atoms with E-state index in [4.69, 9.17) is 21.2 Å². The Balaban J connectivity index is 0.00000119. The van der Waals surface area contributed by atoms with E-state index in [0.29, 0.717) is 12.3 Å². The van der Waals surface area contributed by atoms with Gasteiger partial charge in [0.05, 0.1) is 24.4 Å². The smallest absolute Gasteiger partial charge is 0.374 e. The number of aromatic nitrogens is 2. The lowest BCUT2D eigenvalue weighted by Gasteiger charge is -2.12. The Hall–Kier alpha value is -3.35. The van der Waals surface area contributed by atoms with Crippen molar-refractivity contribution in [1.82, 2.24) is 9.78 Å². The number of benzene rings is 2. The molecule has 0 bridgehead atoms. The van der Waals surface area contributed by atoms with Crippen molar-refractivity contribution in [1.29, 1.82) is 0 Å². The fourth-order valence-corrected chi connectivity index (χ4v) is 3.16. The summed E-state index contributed by atoms with van der Waals surface area (Å²) in [6.07, 6.45) is 3.84. The van der Waals surface area contributed by atoms with E-state index in [1.807, 2.05) is 93.9 Å². The van der Waals surface area contributed by atoms with E-state index in [0.717, 1.165) is 34.0 Å². The predicted molar refractivity (Wildman–Crippen MR) is 150 cm³/mol. The molecule has 0 aliphatic heterocycles. The van der Waals surface area contributed by atoms with Crippen molar-refractivity contribution in [3.05, 3.63) is 102 Å². The fourth-order valence-electron chi connectivity index (χ4n) is 3.16. The van der Waals surface area contributed by atoms with Gasteiger partial charge in [0, 0.05) is 18.0 Å². The average Bonchev–Trinajstić information content (AvgIpc) is 3.28. The largest absolute Gasteiger partial charge is 0.497 e. The average molecular weight is 515 g/mol. The number of halogens is 1. The van der Waals surface area contributed by atoms with Gasteiger partial charge >= 0.3 is 5.97 Å². The minimum atomic E-state index is -0.444. The van der Waals surface area contributed by atoms with E-state index >= 15 is 0 Å². The number of carbonyl (C=O) groups excluding carboxylic acids is 1. The molecule has 3 aromatic rings. The minimum Gasteiger partial charge on any atom is -0.497 e. The third-order valence-electron chi connectivity index (χ3n) is 4.65. The third kappa shape index (κ3) is 10.9. The van der Waals surface area contributed by atoms with E-state index in [1.165, 1.54) is 0 Å². The van der Waals surface area contributed by atoms with Crippen LogP contribution < -0.4 is 10.6 Å². The van der Waals surface area contributed by atoms with Crippen molar-refractivity contribution in [3.63, 3.8) is 0 Å². The summed E-state index contributed by atoms with van der Waals surface area (Å²) in [5.74, 6) is 3.84. The van der Waals surface area contributed by atoms with Gasteiger partial charge in [0.15, 0.2) is 0 Å². The predicted octanol–water partition coefficient (Wildman–Crippen LogP) is 6.15. The second-order valence-corrected chi connectivity index (χ2v) is 7.68. The summed E-state index contributed by atoms with van der Waals surface area (Å²) in [4.78, 5) is 17.1. The molecular weight excluding hydrogens is 474 g/mol. The molecule has 196 valence electrons. The Morgan fingerprint density at radius 3 is 2.19 bits per heavy atom. The SMILES string of the molecule is C=CC.C=CCCl.CC.COc1ccc(-n2nc(CC(C(=O)O[NH3+])c3cccc(C)c3)cc2C)cc1. The van der Waals surface area contributed by atoms with Gasteiger partial charge in [-0.3, -0.25) is 4.84 Å². The Labute approximate surface area is 221 Å². The molecule has 3 N–H and O–H groups in total. The lowest BCUT2D eigenvalue weighted by Crippen LogP contribution is -2.52. The number of allylic oxidation sites excluding steroid dienone is 2. The minimum absolute atomic E-state index is 0.364. The van der Waals surface area contributed by atoms with Crippen LogP contribution in [0.1, 0.15) is 49.2 Å². The molecule has 0 saturated heterocycles. The van der Waals surface area contributed by atoms with Crippen LogP contribution >= 0.6 is 11.6 Å². The molecule has 1 unspecified atom stereocenters. The molecule has 36 heavy (non-hydrogen) atoms. The normalized spacial score (nSPS) is 10.1. The summed E-state index contributed by atoms with van der Waals surface area (Å²) in [6.45, 7) is 16.6. The van der Waals surface area contributed by atoms with Crippen molar-refractivity contribution in [2.75, 3.05) is 13.0 Å². The zero-order chi connectivity index (χ0) is 27.5. The molecule has 7 heteroatoms. The summed E-state index contributed by atoms with van der Waals surface area (Å²) < 4.78 is 7.06. The van der Waals surface area contributed by atoms with Crippen LogP contribution in [0.5, 0.6) is 5.75 Å². The number of nitrogens with zero attached hydrogens (tertiary/aromatic N) is 2. The highest BCUT2D eigenvalue weighted by atomic mass is 35.5. The molecule has 0 spiro atoms. The van der Waals surface area contributed by atoms with E-state index in [1.54, 1.807) is 19.3 Å². The van der Waals surface area contributed by atoms with Crippen LogP contribution in [0.15, 0.2) is 79.9 Å². The number of hydrogen-bond donors (Lipinski definition) is 1. The van der Waals surface area contributed by atoms with Gasteiger partial charge in [-0.15, -0.1) is 24.8 Å². The molecule has 0 saturated carbocycles. The molecule has 1 atom stereocenters. The first-order chi connectivity index (χ1) is 17.3. The zero-order valence-electron chi connectivity index (χ0n) is 22.5. The maximum Gasteiger partial charge on any atom is 0.374 e. The number of ether oxygens (including phenoxy) is 1. The van der Waals surface area contributed by atoms with Crippen molar-refractivity contribution in [2.45, 2.75) is 47.0 Å². The Bertz CT molecular complexity index is 1050. The molecule has 0 amide bonds. The summed E-state index contributed by atoms with van der Waals surface area (Å²) in [5, 5.41) is 4.69. The lowest BCUT2D eigenvalue weighted by atomic mass is 9.93. The molecule has 0 fully saturated rings. The monoisotopic (exact) mass is 514 g/mol. The van der Waals surface area contributed by atoms with Crippen LogP contribution in [-0.4, -0.2) is 28.7 Å². The van der Waals surface area contributed by atoms with Gasteiger partial charge in [0.1, 0.15) is 5.75 Å². The third-order valence-corrected chi connectivity index (χ3v) is 4.87. The van der Waals surface area contributed by atoms with Gasteiger partial charge in [-0.1, -0.05) is 55.8 Å². The first-order valence-electron chi connectivity index (χ1n) is 11.8. The number of hydrogen-bond acceptors (Lipinski definition) is 4. The van der Waals surface area contributed by atoms with Crippen molar-refractivity contribution in [2.24, 2.45) is 0 Å². The topological polar surface area (TPSA) is 81.0 Å². The Morgan fingerprint density at radius 1 is 1.14 bits per heavy atom. The number of methoxy groups -OCH3 is 1. The molecule has 6 nitrogen and oxygen atoms in total. The van der Waals surface area contributed by atoms with E-state index < -0.39 is 5.92 Å². The lowest BCUT2D eigenvalue weighted by molar-refractivity contribution is -0.657. The number of quaternary nitrogens is 1. The highest BCUT2D eigenvalue weighted by molar-refractivity contribution is 6.18. The van der Waals surface area contributed by atoms with E-state index in [-0.39, 0.29) is 5.97 Å². The van der Waals surface area contributed by atoms with Gasteiger partial charge in [0.25, 0.3) is 0 Å². The number of alkyl halides is 1. The molecular formula is C29H41ClN3O3+. The second-order valence-electron chi connectivity index (χ2n) is 7.37. The van der Waals surface area contributed by atoms with Gasteiger partial charge in [0.2, 0.25) is 0 Å². The summed E-state index contributed by atoms with van der Waals surface area (Å²) in [6, 6.07) is 17.5. The summed E-state index contributed by atoms with van der Waals surface area (Å²) in [5.41, 5.74) is 4.74. The number of aryl methyl sites for hydroxylation is 2. The van der Waals surface area contributed by atoms with Gasteiger partial charge in [-0.05, 0) is 56.7 Å². The fraction of sp³-hybridized carbons (Fsp3) is 0.310. The van der Waals surface area contributed by atoms with Crippen LogP contribution in [0.25, 0.3) is 5.69 Å². The van der Waals surface area contributed by atoms with Crippen molar-refractivity contribution >= 4 is 17.6 Å². The summed E-state index contributed by atoms with van der Waals surface area (Å²) >= 11 is 5.07. The zero-order valence-corrected chi connectivity index (χ0v) is 23.2. The maximum absolute atomic E-state index is 12.3. The number of rotatable bonds is 7. The van der Waals surface area contributed by atoms with E-state index in [9.17, 15) is 4.79 Å². The van der Waals surface area contributed by atoms with Gasteiger partial charge < -0.3 is 4.74 Å². The van der Waals surface area contributed by atoms with Crippen LogP contribution in [0.3, 0.4) is 0 Å². The first kappa shape index (κ1) is 32.6. The van der Waals surface area contributed by atoms with Gasteiger partial charge in [-0.2, -0.15) is 11.0 Å². The molecule has 0 radical (unpaired) electrons. The van der Waals surface area contributed by atoms with E-state index in [2.05, 4.69) is 24.2 Å². The Kier molecular flexibility index (Phi) is 17.2. The van der Waals surface area contributed by atoms with Crippen LogP contribution in [0.4, 0.5) is 0 Å². The van der Waals surface area contributed by atoms with Crippen LogP contribution in [0.2, 0.25) is 0 Å². The molecule has 0 aliphatic rings. The first-order valence-corrected chi connectivity index (χ1v) is 12.3. The summed E-state index contributed by atoms with van der Waals surface area (Å²) in [7, 11) is 1.64. The maximum atomic E-state index is 12.3. The number of carbonyl (C=O) groups is 1. The van der Waals surface area contributed by atoms with Crippen molar-refractivity contribution < 1.29 is 20.3 Å². The molecule has 2 aromatic carbocycles. The Morgan fingerprint density at radius 2 is 1.72 bits per heavy atom. The molecule has 1 heterocycles.